The minimum absolute atomic E-state index is 0.0726. The summed E-state index contributed by atoms with van der Waals surface area (Å²) in [5, 5.41) is 0. The minimum atomic E-state index is -0.473. The highest BCUT2D eigenvalue weighted by molar-refractivity contribution is 8.03. The predicted octanol–water partition coefficient (Wildman–Crippen LogP) is 2.98. The molecule has 1 aliphatic carbocycles. The smallest absolute Gasteiger partial charge is 0.105 e. The van der Waals surface area contributed by atoms with Gasteiger partial charge >= 0.3 is 0 Å². The van der Waals surface area contributed by atoms with Crippen molar-refractivity contribution in [2.24, 2.45) is 23.3 Å². The molecule has 0 aliphatic heterocycles. The van der Waals surface area contributed by atoms with Gasteiger partial charge in [-0.05, 0) is 29.7 Å². The Bertz CT molecular complexity index is 350. The molecule has 0 fully saturated rings. The lowest BCUT2D eigenvalue weighted by Gasteiger charge is -2.24. The maximum Gasteiger partial charge on any atom is 0.105 e. The van der Waals surface area contributed by atoms with Crippen LogP contribution in [-0.4, -0.2) is 18.6 Å². The first-order valence-electron chi connectivity index (χ1n) is 6.32. The van der Waals surface area contributed by atoms with Crippen LogP contribution in [-0.2, 0) is 0 Å². The Labute approximate surface area is 113 Å². The van der Waals surface area contributed by atoms with E-state index < -0.39 is 12.7 Å². The van der Waals surface area contributed by atoms with Crippen molar-refractivity contribution in [3.8, 4) is 0 Å². The summed E-state index contributed by atoms with van der Waals surface area (Å²) >= 11 is 1.68. The average molecular weight is 270 g/mol. The zero-order chi connectivity index (χ0) is 13.5. The molecule has 0 aromatic rings. The Morgan fingerprint density at radius 3 is 2.83 bits per heavy atom. The van der Waals surface area contributed by atoms with E-state index in [1.54, 1.807) is 11.8 Å². The predicted molar refractivity (Wildman–Crippen MR) is 78.8 cm³/mol. The van der Waals surface area contributed by atoms with E-state index in [2.05, 4.69) is 24.3 Å². The van der Waals surface area contributed by atoms with Gasteiger partial charge in [0.1, 0.15) is 6.67 Å². The lowest BCUT2D eigenvalue weighted by Crippen LogP contribution is -2.31. The molecular formula is C14H23FN2S. The molecule has 102 valence electrons. The second-order valence-corrected chi connectivity index (χ2v) is 5.61. The summed E-state index contributed by atoms with van der Waals surface area (Å²) < 4.78 is 12.5. The van der Waals surface area contributed by atoms with E-state index in [1.807, 2.05) is 13.8 Å². The van der Waals surface area contributed by atoms with Gasteiger partial charge in [-0.25, -0.2) is 4.39 Å². The Morgan fingerprint density at radius 1 is 1.67 bits per heavy atom. The van der Waals surface area contributed by atoms with Gasteiger partial charge in [-0.2, -0.15) is 0 Å². The molecule has 0 spiro atoms. The van der Waals surface area contributed by atoms with Crippen LogP contribution >= 0.6 is 11.8 Å². The summed E-state index contributed by atoms with van der Waals surface area (Å²) in [6, 6.07) is -0.406. The fraction of sp³-hybridized carbons (Fsp3) is 0.571. The Hall–Kier alpha value is -0.580. The maximum atomic E-state index is 12.5. The quantitative estimate of drug-likeness (QED) is 0.730. The molecular weight excluding hydrogens is 247 g/mol. The zero-order valence-corrected chi connectivity index (χ0v) is 11.9. The number of nitrogens with two attached hydrogens (primary N) is 2. The van der Waals surface area contributed by atoms with Crippen LogP contribution in [0.3, 0.4) is 0 Å². The molecule has 1 rings (SSSR count). The van der Waals surface area contributed by atoms with Gasteiger partial charge in [-0.15, -0.1) is 11.8 Å². The Kier molecular flexibility index (Phi) is 6.68. The van der Waals surface area contributed by atoms with Crippen LogP contribution in [0.1, 0.15) is 20.3 Å². The molecule has 0 saturated heterocycles. The fourth-order valence-electron chi connectivity index (χ4n) is 2.07. The van der Waals surface area contributed by atoms with Gasteiger partial charge in [-0.3, -0.25) is 0 Å². The van der Waals surface area contributed by atoms with E-state index in [4.69, 9.17) is 11.5 Å². The summed E-state index contributed by atoms with van der Waals surface area (Å²) in [4.78, 5) is 1.30. The first-order chi connectivity index (χ1) is 8.63. The normalized spacial score (nSPS) is 23.7. The number of allylic oxidation sites excluding steroid dienone is 5. The third-order valence-electron chi connectivity index (χ3n) is 3.37. The molecule has 0 amide bonds. The van der Waals surface area contributed by atoms with Crippen LogP contribution in [0.5, 0.6) is 0 Å². The molecule has 0 bridgehead atoms. The van der Waals surface area contributed by atoms with Crippen LogP contribution < -0.4 is 11.5 Å². The maximum absolute atomic E-state index is 12.5. The van der Waals surface area contributed by atoms with E-state index in [1.165, 1.54) is 4.91 Å². The molecule has 0 aromatic carbocycles. The van der Waals surface area contributed by atoms with Crippen LogP contribution in [0.2, 0.25) is 0 Å². The molecule has 0 aromatic heterocycles. The lowest BCUT2D eigenvalue weighted by molar-refractivity contribution is 0.377. The van der Waals surface area contributed by atoms with Gasteiger partial charge in [0, 0.05) is 17.8 Å². The highest BCUT2D eigenvalue weighted by Crippen LogP contribution is 2.32. The number of thioether (sulfide) groups is 1. The van der Waals surface area contributed by atoms with Gasteiger partial charge in [-0.1, -0.05) is 31.2 Å². The molecule has 4 heteroatoms. The van der Waals surface area contributed by atoms with Crippen LogP contribution in [0.25, 0.3) is 0 Å². The number of rotatable bonds is 6. The van der Waals surface area contributed by atoms with E-state index in [0.29, 0.717) is 11.8 Å². The van der Waals surface area contributed by atoms with Crippen molar-refractivity contribution in [1.29, 1.82) is 0 Å². The molecule has 0 radical (unpaired) electrons. The summed E-state index contributed by atoms with van der Waals surface area (Å²) in [7, 11) is 0. The van der Waals surface area contributed by atoms with Gasteiger partial charge in [0.05, 0.1) is 0 Å². The molecule has 18 heavy (non-hydrogen) atoms. The summed E-state index contributed by atoms with van der Waals surface area (Å²) in [6.07, 6.45) is 9.49. The highest BCUT2D eigenvalue weighted by atomic mass is 32.2. The van der Waals surface area contributed by atoms with Crippen LogP contribution in [0.15, 0.2) is 34.8 Å². The van der Waals surface area contributed by atoms with E-state index in [0.717, 1.165) is 12.0 Å². The van der Waals surface area contributed by atoms with Crippen molar-refractivity contribution >= 4 is 11.8 Å². The second-order valence-electron chi connectivity index (χ2n) is 4.51. The SMILES string of the molecule is C/C=C(\SCN)C1C=CC(C(C)C(N)CF)=CC1. The van der Waals surface area contributed by atoms with Crippen LogP contribution in [0.4, 0.5) is 4.39 Å². The standard InChI is InChI=1S/C14H23FN2S/c1-3-14(18-9-16)12-6-4-11(5-7-12)10(2)13(17)8-15/h3-6,10,12-13H,7-9,16-17H2,1-2H3/b14-3-. The largest absolute Gasteiger partial charge is 0.325 e. The average Bonchev–Trinajstić information content (AvgIpc) is 2.43. The first-order valence-corrected chi connectivity index (χ1v) is 7.31. The first kappa shape index (κ1) is 15.5. The van der Waals surface area contributed by atoms with E-state index in [9.17, 15) is 4.39 Å². The molecule has 3 unspecified atom stereocenters. The highest BCUT2D eigenvalue weighted by Gasteiger charge is 2.19. The van der Waals surface area contributed by atoms with Gasteiger partial charge in [0.15, 0.2) is 0 Å². The molecule has 2 nitrogen and oxygen atoms in total. The molecule has 0 heterocycles. The summed E-state index contributed by atoms with van der Waals surface area (Å²) in [5.74, 6) is 1.08. The van der Waals surface area contributed by atoms with Crippen LogP contribution in [0, 0.1) is 11.8 Å². The van der Waals surface area contributed by atoms with Crippen molar-refractivity contribution in [3.05, 3.63) is 34.8 Å². The molecule has 3 atom stereocenters. The second kappa shape index (κ2) is 7.77. The van der Waals surface area contributed by atoms with Gasteiger partial charge < -0.3 is 11.5 Å². The summed E-state index contributed by atoms with van der Waals surface area (Å²) in [5.41, 5.74) is 12.4. The number of hydrogen-bond donors (Lipinski definition) is 2. The van der Waals surface area contributed by atoms with E-state index in [-0.39, 0.29) is 5.92 Å². The number of alkyl halides is 1. The Morgan fingerprint density at radius 2 is 2.39 bits per heavy atom. The monoisotopic (exact) mass is 270 g/mol. The third-order valence-corrected chi connectivity index (χ3v) is 4.41. The van der Waals surface area contributed by atoms with Gasteiger partial charge in [0.25, 0.3) is 0 Å². The van der Waals surface area contributed by atoms with Crippen molar-refractivity contribution in [2.45, 2.75) is 26.3 Å². The van der Waals surface area contributed by atoms with Gasteiger partial charge in [0.2, 0.25) is 0 Å². The molecule has 4 N–H and O–H groups in total. The zero-order valence-electron chi connectivity index (χ0n) is 11.1. The summed E-state index contributed by atoms with van der Waals surface area (Å²) in [6.45, 7) is 3.54. The molecule has 0 saturated carbocycles. The third kappa shape index (κ3) is 3.97. The lowest BCUT2D eigenvalue weighted by atomic mass is 9.87. The van der Waals surface area contributed by atoms with Crippen molar-refractivity contribution in [3.63, 3.8) is 0 Å². The number of halogens is 1. The minimum Gasteiger partial charge on any atom is -0.325 e. The van der Waals surface area contributed by atoms with Crippen molar-refractivity contribution in [2.75, 3.05) is 12.6 Å². The van der Waals surface area contributed by atoms with Crippen molar-refractivity contribution in [1.82, 2.24) is 0 Å². The molecule has 1 aliphatic rings. The van der Waals surface area contributed by atoms with E-state index >= 15 is 0 Å². The Balaban J connectivity index is 2.64. The topological polar surface area (TPSA) is 52.0 Å². The fourth-order valence-corrected chi connectivity index (χ4v) is 2.82. The van der Waals surface area contributed by atoms with Crippen molar-refractivity contribution < 1.29 is 4.39 Å². The number of hydrogen-bond acceptors (Lipinski definition) is 3.